The van der Waals surface area contributed by atoms with Gasteiger partial charge in [0.25, 0.3) is 0 Å². The van der Waals surface area contributed by atoms with Crippen LogP contribution in [0.1, 0.15) is 5.56 Å². The Morgan fingerprint density at radius 1 is 0.909 bits per heavy atom. The SMILES string of the molecule is COc1ccccc1/C=N/N1CCN(c2ccccc2)CC1. The highest BCUT2D eigenvalue weighted by Crippen LogP contribution is 2.17. The van der Waals surface area contributed by atoms with Crippen molar-refractivity contribution in [3.05, 3.63) is 60.2 Å². The van der Waals surface area contributed by atoms with E-state index in [1.807, 2.05) is 30.5 Å². The van der Waals surface area contributed by atoms with Crippen LogP contribution >= 0.6 is 0 Å². The number of anilines is 1. The molecule has 0 N–H and O–H groups in total. The lowest BCUT2D eigenvalue weighted by atomic mass is 10.2. The van der Waals surface area contributed by atoms with Gasteiger partial charge in [-0.1, -0.05) is 30.3 Å². The summed E-state index contributed by atoms with van der Waals surface area (Å²) in [6.07, 6.45) is 1.89. The molecule has 0 radical (unpaired) electrons. The van der Waals surface area contributed by atoms with Crippen LogP contribution in [0.3, 0.4) is 0 Å². The maximum absolute atomic E-state index is 5.34. The zero-order valence-electron chi connectivity index (χ0n) is 12.9. The topological polar surface area (TPSA) is 28.1 Å². The molecule has 1 heterocycles. The number of para-hydroxylation sites is 2. The molecule has 22 heavy (non-hydrogen) atoms. The number of benzene rings is 2. The summed E-state index contributed by atoms with van der Waals surface area (Å²) in [5.74, 6) is 0.856. The zero-order chi connectivity index (χ0) is 15.2. The lowest BCUT2D eigenvalue weighted by Crippen LogP contribution is -2.44. The Morgan fingerprint density at radius 3 is 2.32 bits per heavy atom. The highest BCUT2D eigenvalue weighted by Gasteiger charge is 2.15. The number of ether oxygens (including phenoxy) is 1. The smallest absolute Gasteiger partial charge is 0.127 e. The number of hydrazone groups is 1. The summed E-state index contributed by atoms with van der Waals surface area (Å²) >= 11 is 0. The Balaban J connectivity index is 1.59. The number of nitrogens with zero attached hydrogens (tertiary/aromatic N) is 3. The molecule has 1 aliphatic heterocycles. The van der Waals surface area contributed by atoms with E-state index in [2.05, 4.69) is 45.3 Å². The summed E-state index contributed by atoms with van der Waals surface area (Å²) in [7, 11) is 1.69. The van der Waals surface area contributed by atoms with Gasteiger partial charge in [-0.05, 0) is 24.3 Å². The molecule has 0 saturated carbocycles. The first-order valence-corrected chi connectivity index (χ1v) is 7.59. The van der Waals surface area contributed by atoms with Gasteiger partial charge in [0.1, 0.15) is 5.75 Å². The van der Waals surface area contributed by atoms with Gasteiger partial charge in [0.05, 0.1) is 26.4 Å². The molecule has 2 aromatic carbocycles. The summed E-state index contributed by atoms with van der Waals surface area (Å²) in [6, 6.07) is 18.5. The first kappa shape index (κ1) is 14.4. The molecule has 1 saturated heterocycles. The molecule has 0 aliphatic carbocycles. The second-order valence-electron chi connectivity index (χ2n) is 5.26. The second-order valence-corrected chi connectivity index (χ2v) is 5.26. The largest absolute Gasteiger partial charge is 0.496 e. The summed E-state index contributed by atoms with van der Waals surface area (Å²) in [4.78, 5) is 2.40. The number of methoxy groups -OCH3 is 1. The van der Waals surface area contributed by atoms with Gasteiger partial charge in [0, 0.05) is 24.3 Å². The van der Waals surface area contributed by atoms with Gasteiger partial charge in [-0.2, -0.15) is 5.10 Å². The van der Waals surface area contributed by atoms with Crippen molar-refractivity contribution in [1.82, 2.24) is 5.01 Å². The van der Waals surface area contributed by atoms with Crippen LogP contribution in [0.25, 0.3) is 0 Å². The maximum Gasteiger partial charge on any atom is 0.127 e. The number of hydrogen-bond donors (Lipinski definition) is 0. The third-order valence-corrected chi connectivity index (χ3v) is 3.88. The van der Waals surface area contributed by atoms with Crippen LogP contribution in [0.15, 0.2) is 59.7 Å². The third kappa shape index (κ3) is 3.39. The van der Waals surface area contributed by atoms with Crippen molar-refractivity contribution in [3.63, 3.8) is 0 Å². The molecule has 0 aromatic heterocycles. The molecule has 4 nitrogen and oxygen atoms in total. The van der Waals surface area contributed by atoms with E-state index in [9.17, 15) is 0 Å². The van der Waals surface area contributed by atoms with Crippen molar-refractivity contribution in [1.29, 1.82) is 0 Å². The summed E-state index contributed by atoms with van der Waals surface area (Å²) in [6.45, 7) is 3.85. The Hall–Kier alpha value is -2.49. The minimum atomic E-state index is 0.856. The Kier molecular flexibility index (Phi) is 4.59. The van der Waals surface area contributed by atoms with Crippen LogP contribution < -0.4 is 9.64 Å². The standard InChI is InChI=1S/C18H21N3O/c1-22-18-10-6-5-7-16(18)15-19-21-13-11-20(12-14-21)17-8-3-2-4-9-17/h2-10,15H,11-14H2,1H3/b19-15+. The normalized spacial score (nSPS) is 15.3. The van der Waals surface area contributed by atoms with Crippen LogP contribution in [-0.4, -0.2) is 44.5 Å². The predicted molar refractivity (Wildman–Crippen MR) is 90.8 cm³/mol. The van der Waals surface area contributed by atoms with Crippen molar-refractivity contribution >= 4 is 11.9 Å². The van der Waals surface area contributed by atoms with Crippen molar-refractivity contribution in [3.8, 4) is 5.75 Å². The number of rotatable bonds is 4. The average molecular weight is 295 g/mol. The van der Waals surface area contributed by atoms with Crippen LogP contribution in [-0.2, 0) is 0 Å². The zero-order valence-corrected chi connectivity index (χ0v) is 12.9. The van der Waals surface area contributed by atoms with Gasteiger partial charge in [0.15, 0.2) is 0 Å². The van der Waals surface area contributed by atoms with Crippen LogP contribution in [0.2, 0.25) is 0 Å². The van der Waals surface area contributed by atoms with Gasteiger partial charge in [0.2, 0.25) is 0 Å². The predicted octanol–water partition coefficient (Wildman–Crippen LogP) is 2.85. The second kappa shape index (κ2) is 6.98. The van der Waals surface area contributed by atoms with Crippen molar-refractivity contribution in [2.45, 2.75) is 0 Å². The molecule has 0 unspecified atom stereocenters. The Labute approximate surface area is 131 Å². The van der Waals surface area contributed by atoms with Crippen molar-refractivity contribution < 1.29 is 4.74 Å². The first-order valence-electron chi connectivity index (χ1n) is 7.59. The Bertz CT molecular complexity index is 619. The molecule has 0 atom stereocenters. The average Bonchev–Trinajstić information content (AvgIpc) is 2.61. The first-order chi connectivity index (χ1) is 10.9. The van der Waals surface area contributed by atoms with E-state index in [1.54, 1.807) is 7.11 Å². The monoisotopic (exact) mass is 295 g/mol. The molecule has 4 heteroatoms. The molecule has 114 valence electrons. The van der Waals surface area contributed by atoms with E-state index in [1.165, 1.54) is 5.69 Å². The third-order valence-electron chi connectivity index (χ3n) is 3.88. The van der Waals surface area contributed by atoms with Crippen LogP contribution in [0, 0.1) is 0 Å². The molecular weight excluding hydrogens is 274 g/mol. The fourth-order valence-corrected chi connectivity index (χ4v) is 2.63. The molecule has 0 amide bonds. The minimum absolute atomic E-state index is 0.856. The number of hydrogen-bond acceptors (Lipinski definition) is 4. The fraction of sp³-hybridized carbons (Fsp3) is 0.278. The molecule has 1 fully saturated rings. The van der Waals surface area contributed by atoms with E-state index in [0.29, 0.717) is 0 Å². The van der Waals surface area contributed by atoms with Crippen LogP contribution in [0.4, 0.5) is 5.69 Å². The van der Waals surface area contributed by atoms with E-state index < -0.39 is 0 Å². The summed E-state index contributed by atoms with van der Waals surface area (Å²) < 4.78 is 5.34. The lowest BCUT2D eigenvalue weighted by molar-refractivity contribution is 0.272. The van der Waals surface area contributed by atoms with Crippen molar-refractivity contribution in [2.24, 2.45) is 5.10 Å². The molecule has 3 rings (SSSR count). The Morgan fingerprint density at radius 2 is 1.59 bits per heavy atom. The molecule has 0 bridgehead atoms. The van der Waals surface area contributed by atoms with Crippen molar-refractivity contribution in [2.75, 3.05) is 38.2 Å². The van der Waals surface area contributed by atoms with Gasteiger partial charge >= 0.3 is 0 Å². The van der Waals surface area contributed by atoms with E-state index >= 15 is 0 Å². The summed E-state index contributed by atoms with van der Waals surface area (Å²) in [5.41, 5.74) is 2.30. The van der Waals surface area contributed by atoms with Gasteiger partial charge in [-0.15, -0.1) is 0 Å². The molecule has 0 spiro atoms. The molecule has 2 aromatic rings. The molecule has 1 aliphatic rings. The van der Waals surface area contributed by atoms with Crippen LogP contribution in [0.5, 0.6) is 5.75 Å². The lowest BCUT2D eigenvalue weighted by Gasteiger charge is -2.34. The van der Waals surface area contributed by atoms with E-state index in [4.69, 9.17) is 4.74 Å². The fourth-order valence-electron chi connectivity index (χ4n) is 2.63. The van der Waals surface area contributed by atoms with Gasteiger partial charge in [-0.25, -0.2) is 0 Å². The van der Waals surface area contributed by atoms with E-state index in [0.717, 1.165) is 37.5 Å². The quantitative estimate of drug-likeness (QED) is 0.812. The summed E-state index contributed by atoms with van der Waals surface area (Å²) in [5, 5.41) is 6.71. The molecular formula is C18H21N3O. The van der Waals surface area contributed by atoms with Gasteiger partial charge < -0.3 is 9.64 Å². The highest BCUT2D eigenvalue weighted by molar-refractivity contribution is 5.83. The van der Waals surface area contributed by atoms with Gasteiger partial charge in [-0.3, -0.25) is 5.01 Å². The maximum atomic E-state index is 5.34. The number of piperazine rings is 1. The highest BCUT2D eigenvalue weighted by atomic mass is 16.5. The van der Waals surface area contributed by atoms with E-state index in [-0.39, 0.29) is 0 Å². The minimum Gasteiger partial charge on any atom is -0.496 e.